The molecule has 0 saturated carbocycles. The van der Waals surface area contributed by atoms with E-state index in [0.717, 1.165) is 10.1 Å². The van der Waals surface area contributed by atoms with Crippen molar-refractivity contribution in [3.05, 3.63) is 63.1 Å². The zero-order chi connectivity index (χ0) is 19.4. The van der Waals surface area contributed by atoms with Gasteiger partial charge in [0.05, 0.1) is 12.4 Å². The van der Waals surface area contributed by atoms with Crippen LogP contribution in [0.3, 0.4) is 0 Å². The maximum atomic E-state index is 11.7. The molecule has 2 heterocycles. The molecule has 0 saturated heterocycles. The topological polar surface area (TPSA) is 94.1 Å². The Balaban J connectivity index is 0.000000190. The van der Waals surface area contributed by atoms with E-state index in [1.807, 2.05) is 44.3 Å². The van der Waals surface area contributed by atoms with Crippen molar-refractivity contribution >= 4 is 11.2 Å². The van der Waals surface area contributed by atoms with Crippen LogP contribution in [0.5, 0.6) is 0 Å². The highest BCUT2D eigenvalue weighted by Crippen LogP contribution is 2.15. The van der Waals surface area contributed by atoms with Crippen LogP contribution in [-0.2, 0) is 21.1 Å². The Hall–Kier alpha value is -2.71. The minimum atomic E-state index is -0.420. The Morgan fingerprint density at radius 1 is 1.08 bits per heavy atom. The Kier molecular flexibility index (Phi) is 6.12. The third-order valence-corrected chi connectivity index (χ3v) is 4.39. The highest BCUT2D eigenvalue weighted by molar-refractivity contribution is 5.69. The first-order chi connectivity index (χ1) is 12.3. The van der Waals surface area contributed by atoms with Crippen LogP contribution < -0.4 is 16.6 Å². The van der Waals surface area contributed by atoms with Crippen molar-refractivity contribution in [3.8, 4) is 0 Å². The SMILES string of the molecule is CNC(C)C(O)c1ccccc1.Cn1c(=O)c2c(ncn2C)n(C)c1=O. The summed E-state index contributed by atoms with van der Waals surface area (Å²) in [5, 5.41) is 12.7. The second-order valence-electron chi connectivity index (χ2n) is 6.17. The predicted molar refractivity (Wildman–Crippen MR) is 101 cm³/mol. The largest absolute Gasteiger partial charge is 0.387 e. The number of aromatic nitrogens is 4. The van der Waals surface area contributed by atoms with Gasteiger partial charge in [-0.05, 0) is 19.5 Å². The fourth-order valence-electron chi connectivity index (χ4n) is 2.57. The third-order valence-electron chi connectivity index (χ3n) is 4.39. The molecule has 0 fully saturated rings. The van der Waals surface area contributed by atoms with E-state index in [9.17, 15) is 14.7 Å². The maximum Gasteiger partial charge on any atom is 0.332 e. The van der Waals surface area contributed by atoms with Crippen molar-refractivity contribution < 1.29 is 5.11 Å². The number of hydrogen-bond acceptors (Lipinski definition) is 5. The fourth-order valence-corrected chi connectivity index (χ4v) is 2.57. The lowest BCUT2D eigenvalue weighted by atomic mass is 10.0. The van der Waals surface area contributed by atoms with Crippen molar-refractivity contribution in [3.63, 3.8) is 0 Å². The van der Waals surface area contributed by atoms with Crippen LogP contribution in [0.2, 0.25) is 0 Å². The Bertz CT molecular complexity index is 988. The Morgan fingerprint density at radius 3 is 2.27 bits per heavy atom. The normalized spacial score (nSPS) is 13.2. The number of likely N-dealkylation sites (N-methyl/N-ethyl adjacent to an activating group) is 1. The highest BCUT2D eigenvalue weighted by atomic mass is 16.3. The summed E-state index contributed by atoms with van der Waals surface area (Å²) in [6.07, 6.45) is 1.10. The maximum absolute atomic E-state index is 11.7. The third kappa shape index (κ3) is 3.76. The summed E-state index contributed by atoms with van der Waals surface area (Å²) >= 11 is 0. The van der Waals surface area contributed by atoms with E-state index in [0.29, 0.717) is 11.2 Å². The average Bonchev–Trinajstić information content (AvgIpc) is 3.06. The molecule has 0 radical (unpaired) electrons. The van der Waals surface area contributed by atoms with Crippen molar-refractivity contribution in [2.75, 3.05) is 7.05 Å². The van der Waals surface area contributed by atoms with E-state index >= 15 is 0 Å². The van der Waals surface area contributed by atoms with Gasteiger partial charge in [0.15, 0.2) is 11.2 Å². The van der Waals surface area contributed by atoms with Crippen LogP contribution in [0.4, 0.5) is 0 Å². The molecule has 0 spiro atoms. The van der Waals surface area contributed by atoms with Gasteiger partial charge in [-0.1, -0.05) is 30.3 Å². The highest BCUT2D eigenvalue weighted by Gasteiger charge is 2.13. The van der Waals surface area contributed by atoms with Crippen LogP contribution in [0.1, 0.15) is 18.6 Å². The quantitative estimate of drug-likeness (QED) is 0.701. The second-order valence-corrected chi connectivity index (χ2v) is 6.17. The molecule has 0 aliphatic heterocycles. The number of nitrogens with zero attached hydrogens (tertiary/aromatic N) is 4. The van der Waals surface area contributed by atoms with Crippen LogP contribution in [-0.4, -0.2) is 36.9 Å². The summed E-state index contributed by atoms with van der Waals surface area (Å²) in [6.45, 7) is 1.96. The van der Waals surface area contributed by atoms with Gasteiger partial charge >= 0.3 is 5.69 Å². The lowest BCUT2D eigenvalue weighted by molar-refractivity contribution is 0.140. The first-order valence-corrected chi connectivity index (χ1v) is 8.26. The van der Waals surface area contributed by atoms with E-state index < -0.39 is 6.10 Å². The minimum Gasteiger partial charge on any atom is -0.387 e. The molecule has 0 amide bonds. The minimum absolute atomic E-state index is 0.0902. The van der Waals surface area contributed by atoms with Gasteiger partial charge in [0.2, 0.25) is 0 Å². The fraction of sp³-hybridized carbons (Fsp3) is 0.389. The molecule has 0 aliphatic carbocycles. The molecule has 8 heteroatoms. The zero-order valence-corrected chi connectivity index (χ0v) is 15.7. The van der Waals surface area contributed by atoms with Gasteiger partial charge < -0.3 is 15.0 Å². The number of imidazole rings is 1. The number of aryl methyl sites for hydroxylation is 2. The predicted octanol–water partition coefficient (Wildman–Crippen LogP) is 0.299. The Labute approximate surface area is 151 Å². The van der Waals surface area contributed by atoms with Crippen molar-refractivity contribution in [2.24, 2.45) is 21.1 Å². The smallest absolute Gasteiger partial charge is 0.332 e. The summed E-state index contributed by atoms with van der Waals surface area (Å²) in [6, 6.07) is 9.76. The molecule has 140 valence electrons. The van der Waals surface area contributed by atoms with Gasteiger partial charge in [0, 0.05) is 27.2 Å². The summed E-state index contributed by atoms with van der Waals surface area (Å²) in [4.78, 5) is 27.2. The van der Waals surface area contributed by atoms with Gasteiger partial charge in [0.1, 0.15) is 0 Å². The van der Waals surface area contributed by atoms with E-state index in [1.54, 1.807) is 18.7 Å². The van der Waals surface area contributed by atoms with Gasteiger partial charge in [-0.15, -0.1) is 0 Å². The lowest BCUT2D eigenvalue weighted by Gasteiger charge is -2.17. The number of hydrogen-bond donors (Lipinski definition) is 2. The summed E-state index contributed by atoms with van der Waals surface area (Å²) in [5.74, 6) is 0. The summed E-state index contributed by atoms with van der Waals surface area (Å²) in [5.41, 5.74) is 1.14. The molecule has 2 unspecified atom stereocenters. The molecule has 0 bridgehead atoms. The van der Waals surface area contributed by atoms with Gasteiger partial charge in [-0.2, -0.15) is 0 Å². The van der Waals surface area contributed by atoms with Gasteiger partial charge in [-0.3, -0.25) is 13.9 Å². The first-order valence-electron chi connectivity index (χ1n) is 8.26. The van der Waals surface area contributed by atoms with Crippen LogP contribution in [0, 0.1) is 0 Å². The molecule has 26 heavy (non-hydrogen) atoms. The van der Waals surface area contributed by atoms with Crippen LogP contribution in [0.15, 0.2) is 46.2 Å². The number of rotatable bonds is 3. The number of benzene rings is 1. The van der Waals surface area contributed by atoms with Crippen LogP contribution >= 0.6 is 0 Å². The molecule has 2 N–H and O–H groups in total. The number of aliphatic hydroxyl groups excluding tert-OH is 1. The zero-order valence-electron chi connectivity index (χ0n) is 15.7. The van der Waals surface area contributed by atoms with E-state index in [4.69, 9.17) is 0 Å². The molecule has 2 atom stereocenters. The molecular weight excluding hydrogens is 334 g/mol. The number of aliphatic hydroxyl groups is 1. The summed E-state index contributed by atoms with van der Waals surface area (Å²) < 4.78 is 4.04. The van der Waals surface area contributed by atoms with Crippen molar-refractivity contribution in [1.29, 1.82) is 0 Å². The van der Waals surface area contributed by atoms with Crippen molar-refractivity contribution in [2.45, 2.75) is 19.1 Å². The molecular formula is C18H25N5O3. The lowest BCUT2D eigenvalue weighted by Crippen LogP contribution is -2.37. The van der Waals surface area contributed by atoms with Crippen LogP contribution in [0.25, 0.3) is 11.2 Å². The van der Waals surface area contributed by atoms with Crippen molar-refractivity contribution in [1.82, 2.24) is 24.0 Å². The van der Waals surface area contributed by atoms with E-state index in [-0.39, 0.29) is 17.3 Å². The Morgan fingerprint density at radius 2 is 1.69 bits per heavy atom. The average molecular weight is 359 g/mol. The molecule has 3 rings (SSSR count). The molecule has 3 aromatic rings. The van der Waals surface area contributed by atoms with E-state index in [2.05, 4.69) is 10.3 Å². The van der Waals surface area contributed by atoms with Gasteiger partial charge in [0.25, 0.3) is 5.56 Å². The monoisotopic (exact) mass is 359 g/mol. The molecule has 0 aliphatic rings. The van der Waals surface area contributed by atoms with E-state index in [1.165, 1.54) is 17.9 Å². The standard InChI is InChI=1S/C10H15NO.C8H10N4O2/c1-8(11-2)10(12)9-6-4-3-5-7-9;1-10-4-9-6-5(10)7(13)12(3)8(14)11(6)2/h3-8,10-12H,1-2H3;4H,1-3H3. The van der Waals surface area contributed by atoms with Gasteiger partial charge in [-0.25, -0.2) is 9.78 Å². The molecule has 8 nitrogen and oxygen atoms in total. The summed E-state index contributed by atoms with van der Waals surface area (Å²) in [7, 11) is 6.62. The molecule has 2 aromatic heterocycles. The second kappa shape index (κ2) is 8.11. The molecule has 1 aromatic carbocycles. The number of nitrogens with one attached hydrogen (secondary N) is 1. The first kappa shape index (κ1) is 19.6. The number of fused-ring (bicyclic) bond motifs is 1.